The first-order valence-corrected chi connectivity index (χ1v) is 11.1. The molecule has 1 aromatic heterocycles. The minimum atomic E-state index is -4.69. The number of hydrogen-bond donors (Lipinski definition) is 2. The third kappa shape index (κ3) is 4.48. The van der Waals surface area contributed by atoms with Crippen molar-refractivity contribution in [3.63, 3.8) is 0 Å². The van der Waals surface area contributed by atoms with Crippen LogP contribution in [0, 0.1) is 29.6 Å². The number of nitrogens with two attached hydrogens (primary N) is 1. The Labute approximate surface area is 199 Å². The van der Waals surface area contributed by atoms with Crippen LogP contribution in [0.5, 0.6) is 0 Å². The molecule has 0 radical (unpaired) electrons. The molecule has 2 aliphatic heterocycles. The van der Waals surface area contributed by atoms with E-state index in [1.807, 2.05) is 0 Å². The number of nitrogens with one attached hydrogen (secondary N) is 1. The fourth-order valence-electron chi connectivity index (χ4n) is 5.19. The van der Waals surface area contributed by atoms with Crippen LogP contribution in [0.1, 0.15) is 40.0 Å². The Bertz CT molecular complexity index is 1270. The highest BCUT2D eigenvalue weighted by Gasteiger charge is 2.51. The summed E-state index contributed by atoms with van der Waals surface area (Å²) < 4.78 is 40.4. The van der Waals surface area contributed by atoms with Gasteiger partial charge in [0, 0.05) is 43.0 Å². The van der Waals surface area contributed by atoms with Crippen LogP contribution in [0.15, 0.2) is 35.1 Å². The molecule has 2 saturated heterocycles. The van der Waals surface area contributed by atoms with Crippen LogP contribution in [0.2, 0.25) is 0 Å². The number of piperidine rings is 1. The number of rotatable bonds is 3. The second-order valence-electron chi connectivity index (χ2n) is 9.21. The lowest BCUT2D eigenvalue weighted by molar-refractivity contribution is -0.137. The number of carbonyl (C=O) groups excluding carboxylic acids is 2. The molecule has 1 spiro atoms. The number of likely N-dealkylation sites (tertiary alicyclic amines) is 1. The van der Waals surface area contributed by atoms with Gasteiger partial charge in [-0.05, 0) is 50.1 Å². The number of carbonyl (C=O) groups is 2. The number of primary amides is 1. The van der Waals surface area contributed by atoms with Crippen molar-refractivity contribution < 1.29 is 22.8 Å². The number of aromatic nitrogens is 1. The van der Waals surface area contributed by atoms with E-state index in [9.17, 15) is 27.6 Å². The molecule has 2 aromatic rings. The summed E-state index contributed by atoms with van der Waals surface area (Å²) in [6, 6.07) is 8.18. The van der Waals surface area contributed by atoms with Gasteiger partial charge in [-0.15, -0.1) is 0 Å². The van der Waals surface area contributed by atoms with Gasteiger partial charge in [-0.3, -0.25) is 14.4 Å². The lowest BCUT2D eigenvalue weighted by Crippen LogP contribution is -2.49. The Balaban J connectivity index is 1.56. The second-order valence-corrected chi connectivity index (χ2v) is 9.21. The van der Waals surface area contributed by atoms with E-state index >= 15 is 0 Å². The Morgan fingerprint density at radius 3 is 2.46 bits per heavy atom. The van der Waals surface area contributed by atoms with Gasteiger partial charge in [-0.2, -0.15) is 18.4 Å². The predicted octanol–water partition coefficient (Wildman–Crippen LogP) is 2.42. The minimum Gasteiger partial charge on any atom is -0.370 e. The number of aryl methyl sites for hydroxylation is 1. The van der Waals surface area contributed by atoms with E-state index in [0.29, 0.717) is 18.5 Å². The number of nitriles is 1. The van der Waals surface area contributed by atoms with Crippen LogP contribution >= 0.6 is 0 Å². The largest absolute Gasteiger partial charge is 0.417 e. The van der Waals surface area contributed by atoms with E-state index in [4.69, 9.17) is 11.0 Å². The molecule has 1 atom stereocenters. The summed E-state index contributed by atoms with van der Waals surface area (Å²) in [6.45, 7) is 2.71. The molecule has 2 aliphatic rings. The standard InChI is InChI=1S/C24H24F3N5O3/c1-14-2-5-17(21(34)30-14)22(35)31-8-6-23(7-9-31)13-32(12-19(23)20(29)33)16-4-3-15(11-28)18(10-16)24(25,26)27/h2-5,10,19H,6-9,12-13H2,1H3,(H2,29,33)(H,30,34). The number of alkyl halides is 3. The number of anilines is 1. The first-order chi connectivity index (χ1) is 16.4. The van der Waals surface area contributed by atoms with E-state index in [0.717, 1.165) is 12.1 Å². The second kappa shape index (κ2) is 8.76. The van der Waals surface area contributed by atoms with E-state index in [2.05, 4.69) is 4.98 Å². The van der Waals surface area contributed by atoms with Crippen LogP contribution in [-0.2, 0) is 11.0 Å². The highest BCUT2D eigenvalue weighted by molar-refractivity contribution is 5.94. The Morgan fingerprint density at radius 1 is 1.20 bits per heavy atom. The highest BCUT2D eigenvalue weighted by atomic mass is 19.4. The average Bonchev–Trinajstić information content (AvgIpc) is 3.17. The summed E-state index contributed by atoms with van der Waals surface area (Å²) in [5.41, 5.74) is 4.02. The van der Waals surface area contributed by atoms with Gasteiger partial charge in [0.25, 0.3) is 11.5 Å². The van der Waals surface area contributed by atoms with Crippen LogP contribution in [0.4, 0.5) is 18.9 Å². The highest BCUT2D eigenvalue weighted by Crippen LogP contribution is 2.46. The van der Waals surface area contributed by atoms with Crippen molar-refractivity contribution in [2.24, 2.45) is 17.1 Å². The van der Waals surface area contributed by atoms with E-state index in [1.54, 1.807) is 28.9 Å². The first-order valence-electron chi connectivity index (χ1n) is 11.1. The van der Waals surface area contributed by atoms with E-state index < -0.39 is 46.0 Å². The maximum Gasteiger partial charge on any atom is 0.417 e. The van der Waals surface area contributed by atoms with Gasteiger partial charge in [0.2, 0.25) is 5.91 Å². The zero-order valence-electron chi connectivity index (χ0n) is 19.0. The fraction of sp³-hybridized carbons (Fsp3) is 0.417. The summed E-state index contributed by atoms with van der Waals surface area (Å²) in [5.74, 6) is -1.58. The smallest absolute Gasteiger partial charge is 0.370 e. The molecule has 0 saturated carbocycles. The molecule has 3 N–H and O–H groups in total. The maximum atomic E-state index is 13.5. The number of halogens is 3. The summed E-state index contributed by atoms with van der Waals surface area (Å²) in [5, 5.41) is 9.06. The van der Waals surface area contributed by atoms with Gasteiger partial charge in [0.15, 0.2) is 0 Å². The van der Waals surface area contributed by atoms with Gasteiger partial charge >= 0.3 is 6.18 Å². The zero-order chi connectivity index (χ0) is 25.5. The summed E-state index contributed by atoms with van der Waals surface area (Å²) >= 11 is 0. The van der Waals surface area contributed by atoms with Crippen molar-refractivity contribution in [3.05, 3.63) is 63.1 Å². The van der Waals surface area contributed by atoms with Gasteiger partial charge in [-0.1, -0.05) is 0 Å². The minimum absolute atomic E-state index is 0.0308. The summed E-state index contributed by atoms with van der Waals surface area (Å²) in [6.07, 6.45) is -3.87. The average molecular weight is 487 g/mol. The van der Waals surface area contributed by atoms with Crippen molar-refractivity contribution in [3.8, 4) is 6.07 Å². The normalized spacial score (nSPS) is 19.6. The molecule has 3 heterocycles. The van der Waals surface area contributed by atoms with Crippen molar-refractivity contribution in [2.45, 2.75) is 25.9 Å². The summed E-state index contributed by atoms with van der Waals surface area (Å²) in [7, 11) is 0. The predicted molar refractivity (Wildman–Crippen MR) is 120 cm³/mol. The Morgan fingerprint density at radius 2 is 1.89 bits per heavy atom. The lowest BCUT2D eigenvalue weighted by Gasteiger charge is -2.41. The maximum absolute atomic E-state index is 13.5. The molecule has 11 heteroatoms. The molecular formula is C24H24F3N5O3. The molecule has 0 bridgehead atoms. The number of pyridine rings is 1. The zero-order valence-corrected chi connectivity index (χ0v) is 19.0. The van der Waals surface area contributed by atoms with Gasteiger partial charge in [0.05, 0.1) is 23.1 Å². The third-order valence-electron chi connectivity index (χ3n) is 7.12. The molecule has 1 unspecified atom stereocenters. The number of aromatic amines is 1. The molecular weight excluding hydrogens is 463 g/mol. The van der Waals surface area contributed by atoms with E-state index in [-0.39, 0.29) is 37.4 Å². The molecule has 184 valence electrons. The van der Waals surface area contributed by atoms with Gasteiger partial charge < -0.3 is 20.5 Å². The number of benzene rings is 1. The molecule has 1 aromatic carbocycles. The van der Waals surface area contributed by atoms with Crippen LogP contribution in [0.3, 0.4) is 0 Å². The molecule has 35 heavy (non-hydrogen) atoms. The van der Waals surface area contributed by atoms with Gasteiger partial charge in [-0.25, -0.2) is 0 Å². The van der Waals surface area contributed by atoms with Gasteiger partial charge in [0.1, 0.15) is 5.56 Å². The van der Waals surface area contributed by atoms with E-state index in [1.165, 1.54) is 12.1 Å². The third-order valence-corrected chi connectivity index (χ3v) is 7.12. The lowest BCUT2D eigenvalue weighted by atomic mass is 9.70. The molecule has 4 rings (SSSR count). The monoisotopic (exact) mass is 487 g/mol. The fourth-order valence-corrected chi connectivity index (χ4v) is 5.19. The molecule has 2 fully saturated rings. The Hall–Kier alpha value is -3.81. The topological polar surface area (TPSA) is 123 Å². The van der Waals surface area contributed by atoms with Crippen molar-refractivity contribution >= 4 is 17.5 Å². The van der Waals surface area contributed by atoms with Crippen LogP contribution in [-0.4, -0.2) is 47.9 Å². The quantitative estimate of drug-likeness (QED) is 0.688. The first kappa shape index (κ1) is 24.3. The SMILES string of the molecule is Cc1ccc(C(=O)N2CCC3(CC2)CN(c2ccc(C#N)c(C(F)(F)F)c2)CC3C(N)=O)c(=O)[nH]1. The van der Waals surface area contributed by atoms with Crippen molar-refractivity contribution in [1.29, 1.82) is 5.26 Å². The van der Waals surface area contributed by atoms with Crippen molar-refractivity contribution in [2.75, 3.05) is 31.1 Å². The van der Waals surface area contributed by atoms with Crippen LogP contribution < -0.4 is 16.2 Å². The van der Waals surface area contributed by atoms with Crippen LogP contribution in [0.25, 0.3) is 0 Å². The molecule has 8 nitrogen and oxygen atoms in total. The molecule has 0 aliphatic carbocycles. The molecule has 2 amide bonds. The number of hydrogen-bond acceptors (Lipinski definition) is 5. The number of nitrogens with zero attached hydrogens (tertiary/aromatic N) is 3. The summed E-state index contributed by atoms with van der Waals surface area (Å²) in [4.78, 5) is 43.3. The number of amides is 2. The van der Waals surface area contributed by atoms with Crippen molar-refractivity contribution in [1.82, 2.24) is 9.88 Å². The Kier molecular flexibility index (Phi) is 6.09. The number of H-pyrrole nitrogens is 1.